The van der Waals surface area contributed by atoms with Gasteiger partial charge in [0, 0.05) is 13.1 Å². The van der Waals surface area contributed by atoms with Crippen molar-refractivity contribution in [2.24, 2.45) is 5.92 Å². The van der Waals surface area contributed by atoms with Gasteiger partial charge in [0.2, 0.25) is 15.9 Å². The Bertz CT molecular complexity index is 674. The molecule has 8 heteroatoms. The summed E-state index contributed by atoms with van der Waals surface area (Å²) >= 11 is 0. The van der Waals surface area contributed by atoms with Crippen molar-refractivity contribution in [2.45, 2.75) is 30.7 Å². The van der Waals surface area contributed by atoms with Gasteiger partial charge in [0.05, 0.1) is 10.8 Å². The first-order chi connectivity index (χ1) is 10.8. The number of nitrogens with one attached hydrogen (secondary N) is 1. The van der Waals surface area contributed by atoms with Crippen LogP contribution in [-0.4, -0.2) is 48.8 Å². The summed E-state index contributed by atoms with van der Waals surface area (Å²) in [5.74, 6) is -2.08. The number of hydrogen-bond acceptors (Lipinski definition) is 4. The van der Waals surface area contributed by atoms with Gasteiger partial charge in [-0.2, -0.15) is 4.31 Å². The molecule has 2 atom stereocenters. The molecule has 0 spiro atoms. The van der Waals surface area contributed by atoms with E-state index in [0.717, 1.165) is 0 Å². The van der Waals surface area contributed by atoms with Crippen LogP contribution >= 0.6 is 0 Å². The van der Waals surface area contributed by atoms with Crippen LogP contribution in [0.25, 0.3) is 0 Å². The van der Waals surface area contributed by atoms with Crippen LogP contribution in [0.1, 0.15) is 19.8 Å². The van der Waals surface area contributed by atoms with Crippen LogP contribution in [0.5, 0.6) is 0 Å². The van der Waals surface area contributed by atoms with E-state index in [1.165, 1.54) is 23.4 Å². The van der Waals surface area contributed by atoms with Gasteiger partial charge in [0.25, 0.3) is 0 Å². The predicted molar refractivity (Wildman–Crippen MR) is 83.2 cm³/mol. The van der Waals surface area contributed by atoms with Crippen LogP contribution < -0.4 is 5.32 Å². The van der Waals surface area contributed by atoms with Crippen molar-refractivity contribution in [1.82, 2.24) is 9.62 Å². The SMILES string of the molecule is C[C@H](NC(=O)[C@@H]1CCCN(S(=O)(=O)c2ccccc2)C1)C(=O)O. The summed E-state index contributed by atoms with van der Waals surface area (Å²) in [7, 11) is -3.64. The van der Waals surface area contributed by atoms with E-state index in [1.807, 2.05) is 0 Å². The summed E-state index contributed by atoms with van der Waals surface area (Å²) < 4.78 is 26.5. The lowest BCUT2D eigenvalue weighted by Crippen LogP contribution is -2.48. The van der Waals surface area contributed by atoms with Crippen LogP contribution in [0, 0.1) is 5.92 Å². The number of hydrogen-bond donors (Lipinski definition) is 2. The van der Waals surface area contributed by atoms with E-state index >= 15 is 0 Å². The lowest BCUT2D eigenvalue weighted by molar-refractivity contribution is -0.142. The molecule has 1 aliphatic rings. The van der Waals surface area contributed by atoms with Gasteiger partial charge in [-0.3, -0.25) is 9.59 Å². The quantitative estimate of drug-likeness (QED) is 0.820. The Labute approximate surface area is 135 Å². The monoisotopic (exact) mass is 340 g/mol. The third-order valence-electron chi connectivity index (χ3n) is 3.87. The lowest BCUT2D eigenvalue weighted by atomic mass is 9.98. The van der Waals surface area contributed by atoms with Crippen molar-refractivity contribution < 1.29 is 23.1 Å². The second kappa shape index (κ2) is 7.10. The van der Waals surface area contributed by atoms with Crippen molar-refractivity contribution in [3.05, 3.63) is 30.3 Å². The molecule has 0 aromatic heterocycles. The summed E-state index contributed by atoms with van der Waals surface area (Å²) in [5.41, 5.74) is 0. The Morgan fingerprint density at radius 2 is 1.96 bits per heavy atom. The fourth-order valence-electron chi connectivity index (χ4n) is 2.51. The molecule has 0 unspecified atom stereocenters. The number of amides is 1. The van der Waals surface area contributed by atoms with Crippen molar-refractivity contribution in [2.75, 3.05) is 13.1 Å². The zero-order chi connectivity index (χ0) is 17.0. The van der Waals surface area contributed by atoms with Gasteiger partial charge in [0.15, 0.2) is 0 Å². The van der Waals surface area contributed by atoms with E-state index in [0.29, 0.717) is 19.4 Å². The van der Waals surface area contributed by atoms with Crippen molar-refractivity contribution in [3.8, 4) is 0 Å². The minimum absolute atomic E-state index is 0.0649. The van der Waals surface area contributed by atoms with Crippen LogP contribution in [0.15, 0.2) is 35.2 Å². The molecule has 0 aliphatic carbocycles. The molecule has 1 heterocycles. The number of rotatable bonds is 5. The zero-order valence-electron chi connectivity index (χ0n) is 12.8. The summed E-state index contributed by atoms with van der Waals surface area (Å²) in [5, 5.41) is 11.2. The number of aliphatic carboxylic acids is 1. The number of benzene rings is 1. The molecule has 7 nitrogen and oxygen atoms in total. The fourth-order valence-corrected chi connectivity index (χ4v) is 4.05. The third kappa shape index (κ3) is 4.08. The van der Waals surface area contributed by atoms with E-state index in [-0.39, 0.29) is 11.4 Å². The van der Waals surface area contributed by atoms with Gasteiger partial charge in [-0.25, -0.2) is 8.42 Å². The molecule has 2 N–H and O–H groups in total. The average Bonchev–Trinajstić information content (AvgIpc) is 2.55. The highest BCUT2D eigenvalue weighted by Gasteiger charge is 2.33. The maximum absolute atomic E-state index is 12.6. The molecule has 0 radical (unpaired) electrons. The Morgan fingerprint density at radius 1 is 1.30 bits per heavy atom. The summed E-state index contributed by atoms with van der Waals surface area (Å²) in [6, 6.07) is 7.07. The first kappa shape index (κ1) is 17.4. The first-order valence-corrected chi connectivity index (χ1v) is 8.84. The molecule has 1 saturated heterocycles. The molecule has 1 aromatic rings. The normalized spacial score (nSPS) is 20.7. The molecular weight excluding hydrogens is 320 g/mol. The first-order valence-electron chi connectivity index (χ1n) is 7.40. The van der Waals surface area contributed by atoms with Crippen LogP contribution in [0.2, 0.25) is 0 Å². The fraction of sp³-hybridized carbons (Fsp3) is 0.467. The molecular formula is C15H20N2O5S. The number of sulfonamides is 1. The van der Waals surface area contributed by atoms with Crippen molar-refractivity contribution >= 4 is 21.9 Å². The van der Waals surface area contributed by atoms with Gasteiger partial charge in [-0.05, 0) is 31.9 Å². The number of carbonyl (C=O) groups excluding carboxylic acids is 1. The Kier molecular flexibility index (Phi) is 5.38. The molecule has 2 rings (SSSR count). The number of carbonyl (C=O) groups is 2. The van der Waals surface area contributed by atoms with E-state index in [1.54, 1.807) is 18.2 Å². The lowest BCUT2D eigenvalue weighted by Gasteiger charge is -2.31. The van der Waals surface area contributed by atoms with Crippen molar-refractivity contribution in [3.63, 3.8) is 0 Å². The number of carboxylic acid groups (broad SMARTS) is 1. The van der Waals surface area contributed by atoms with Crippen LogP contribution in [0.4, 0.5) is 0 Å². The van der Waals surface area contributed by atoms with Gasteiger partial charge in [-0.1, -0.05) is 18.2 Å². The largest absolute Gasteiger partial charge is 0.480 e. The average molecular weight is 340 g/mol. The van der Waals surface area contributed by atoms with E-state index in [9.17, 15) is 18.0 Å². The maximum atomic E-state index is 12.6. The summed E-state index contributed by atoms with van der Waals surface area (Å²) in [6.45, 7) is 1.80. The molecule has 126 valence electrons. The van der Waals surface area contributed by atoms with Crippen molar-refractivity contribution in [1.29, 1.82) is 0 Å². The van der Waals surface area contributed by atoms with Gasteiger partial charge < -0.3 is 10.4 Å². The molecule has 1 fully saturated rings. The number of nitrogens with zero attached hydrogens (tertiary/aromatic N) is 1. The van der Waals surface area contributed by atoms with Gasteiger partial charge in [0.1, 0.15) is 6.04 Å². The molecule has 1 amide bonds. The highest BCUT2D eigenvalue weighted by Crippen LogP contribution is 2.23. The van der Waals surface area contributed by atoms with E-state index < -0.39 is 33.9 Å². The smallest absolute Gasteiger partial charge is 0.325 e. The third-order valence-corrected chi connectivity index (χ3v) is 5.74. The topological polar surface area (TPSA) is 104 Å². The highest BCUT2D eigenvalue weighted by atomic mass is 32.2. The van der Waals surface area contributed by atoms with Gasteiger partial charge in [-0.15, -0.1) is 0 Å². The molecule has 23 heavy (non-hydrogen) atoms. The second-order valence-corrected chi connectivity index (χ2v) is 7.52. The Morgan fingerprint density at radius 3 is 2.57 bits per heavy atom. The van der Waals surface area contributed by atoms with Crippen LogP contribution in [0.3, 0.4) is 0 Å². The van der Waals surface area contributed by atoms with E-state index in [4.69, 9.17) is 5.11 Å². The summed E-state index contributed by atoms with van der Waals surface area (Å²) in [6.07, 6.45) is 1.10. The second-order valence-electron chi connectivity index (χ2n) is 5.58. The predicted octanol–water partition coefficient (Wildman–Crippen LogP) is 0.677. The maximum Gasteiger partial charge on any atom is 0.325 e. The highest BCUT2D eigenvalue weighted by molar-refractivity contribution is 7.89. The molecule has 0 bridgehead atoms. The molecule has 0 saturated carbocycles. The van der Waals surface area contributed by atoms with E-state index in [2.05, 4.69) is 5.32 Å². The van der Waals surface area contributed by atoms with Crippen LogP contribution in [-0.2, 0) is 19.6 Å². The zero-order valence-corrected chi connectivity index (χ0v) is 13.6. The minimum atomic E-state index is -3.64. The standard InChI is InChI=1S/C15H20N2O5S/c1-11(15(19)20)16-14(18)12-6-5-9-17(10-12)23(21,22)13-7-3-2-4-8-13/h2-4,7-8,11-12H,5-6,9-10H2,1H3,(H,16,18)(H,19,20)/t11-,12+/m0/s1. The summed E-state index contributed by atoms with van der Waals surface area (Å²) in [4.78, 5) is 23.1. The number of piperidine rings is 1. The molecule has 1 aromatic carbocycles. The van der Waals surface area contributed by atoms with Gasteiger partial charge >= 0.3 is 5.97 Å². The Balaban J connectivity index is 2.09. The molecule has 1 aliphatic heterocycles. The minimum Gasteiger partial charge on any atom is -0.480 e. The Hall–Kier alpha value is -1.93. The number of carboxylic acids is 1.